The Labute approximate surface area is 151 Å². The topological polar surface area (TPSA) is 58.4 Å². The van der Waals surface area contributed by atoms with Gasteiger partial charge >= 0.3 is 0 Å². The van der Waals surface area contributed by atoms with Crippen molar-refractivity contribution in [3.63, 3.8) is 0 Å². The number of hydrogen-bond acceptors (Lipinski definition) is 5. The predicted octanol–water partition coefficient (Wildman–Crippen LogP) is 3.70. The second kappa shape index (κ2) is 7.63. The van der Waals surface area contributed by atoms with Crippen molar-refractivity contribution in [1.82, 2.24) is 15.2 Å². The maximum atomic E-state index is 11.6. The van der Waals surface area contributed by atoms with Crippen molar-refractivity contribution in [2.24, 2.45) is 0 Å². The molecule has 3 aromatic rings. The molecule has 0 aliphatic rings. The van der Waals surface area contributed by atoms with Gasteiger partial charge in [0.1, 0.15) is 5.76 Å². The van der Waals surface area contributed by atoms with E-state index in [4.69, 9.17) is 4.42 Å². The van der Waals surface area contributed by atoms with Gasteiger partial charge in [-0.2, -0.15) is 0 Å². The van der Waals surface area contributed by atoms with Crippen LogP contribution in [-0.4, -0.2) is 29.9 Å². The molecule has 0 atom stereocenters. The summed E-state index contributed by atoms with van der Waals surface area (Å²) in [5.41, 5.74) is 2.86. The van der Waals surface area contributed by atoms with E-state index in [1.165, 1.54) is 0 Å². The van der Waals surface area contributed by atoms with E-state index in [9.17, 15) is 4.79 Å². The first-order valence-electron chi connectivity index (χ1n) is 8.06. The largest absolute Gasteiger partial charge is 0.459 e. The molecule has 0 aliphatic heterocycles. The average molecular weight is 355 g/mol. The van der Waals surface area contributed by atoms with Crippen LogP contribution in [0.15, 0.2) is 46.2 Å². The summed E-state index contributed by atoms with van der Waals surface area (Å²) in [5, 5.41) is 5.60. The van der Waals surface area contributed by atoms with Crippen LogP contribution in [0.4, 0.5) is 0 Å². The number of hydrogen-bond donors (Lipinski definition) is 1. The van der Waals surface area contributed by atoms with E-state index in [1.807, 2.05) is 43.3 Å². The minimum absolute atomic E-state index is 0.0666. The summed E-state index contributed by atoms with van der Waals surface area (Å²) in [6.45, 7) is 3.48. The van der Waals surface area contributed by atoms with Crippen molar-refractivity contribution in [3.05, 3.63) is 64.4 Å². The smallest absolute Gasteiger partial charge is 0.251 e. The first-order chi connectivity index (χ1) is 12.0. The summed E-state index contributed by atoms with van der Waals surface area (Å²) in [7, 11) is 3.69. The van der Waals surface area contributed by atoms with Crippen molar-refractivity contribution in [3.8, 4) is 10.8 Å². The van der Waals surface area contributed by atoms with Crippen molar-refractivity contribution < 1.29 is 9.21 Å². The Morgan fingerprint density at radius 1 is 1.20 bits per heavy atom. The Morgan fingerprint density at radius 2 is 1.96 bits per heavy atom. The van der Waals surface area contributed by atoms with Gasteiger partial charge in [-0.25, -0.2) is 4.98 Å². The second-order valence-electron chi connectivity index (χ2n) is 6.00. The highest BCUT2D eigenvalue weighted by Crippen LogP contribution is 2.26. The number of benzene rings is 1. The van der Waals surface area contributed by atoms with Crippen LogP contribution in [0.5, 0.6) is 0 Å². The zero-order valence-corrected chi connectivity index (χ0v) is 15.4. The molecule has 1 N–H and O–H groups in total. The van der Waals surface area contributed by atoms with Gasteiger partial charge in [0, 0.05) is 31.1 Å². The zero-order valence-electron chi connectivity index (χ0n) is 14.6. The molecule has 0 aliphatic carbocycles. The molecule has 25 heavy (non-hydrogen) atoms. The third-order valence-corrected chi connectivity index (χ3v) is 4.74. The number of carbonyl (C=O) groups excluding carboxylic acids is 1. The number of rotatable bonds is 6. The fraction of sp³-hybridized carbons (Fsp3) is 0.263. The van der Waals surface area contributed by atoms with E-state index in [0.29, 0.717) is 5.56 Å². The number of nitrogens with zero attached hydrogens (tertiary/aromatic N) is 2. The number of thiazole rings is 1. The van der Waals surface area contributed by atoms with Gasteiger partial charge in [0.05, 0.1) is 5.69 Å². The van der Waals surface area contributed by atoms with Gasteiger partial charge in [-0.15, -0.1) is 11.3 Å². The number of aryl methyl sites for hydroxylation is 1. The lowest BCUT2D eigenvalue weighted by atomic mass is 10.1. The van der Waals surface area contributed by atoms with Gasteiger partial charge in [-0.05, 0) is 43.8 Å². The lowest BCUT2D eigenvalue weighted by molar-refractivity contribution is 0.0963. The van der Waals surface area contributed by atoms with Crippen LogP contribution in [0.1, 0.15) is 27.4 Å². The molecule has 130 valence electrons. The Balaban J connectivity index is 1.60. The van der Waals surface area contributed by atoms with Gasteiger partial charge in [0.15, 0.2) is 10.8 Å². The molecule has 0 saturated heterocycles. The van der Waals surface area contributed by atoms with Crippen LogP contribution in [0.2, 0.25) is 0 Å². The summed E-state index contributed by atoms with van der Waals surface area (Å²) in [5.74, 6) is 1.65. The Hall–Kier alpha value is -2.44. The third-order valence-electron chi connectivity index (χ3n) is 3.83. The summed E-state index contributed by atoms with van der Waals surface area (Å²) in [4.78, 5) is 18.4. The fourth-order valence-corrected chi connectivity index (χ4v) is 3.36. The summed E-state index contributed by atoms with van der Waals surface area (Å²) < 4.78 is 5.62. The number of aromatic nitrogens is 1. The van der Waals surface area contributed by atoms with E-state index < -0.39 is 0 Å². The van der Waals surface area contributed by atoms with Crippen molar-refractivity contribution >= 4 is 17.2 Å². The molecule has 2 aromatic heterocycles. The van der Waals surface area contributed by atoms with Crippen LogP contribution < -0.4 is 5.32 Å². The van der Waals surface area contributed by atoms with Crippen LogP contribution >= 0.6 is 11.3 Å². The third kappa shape index (κ3) is 4.35. The van der Waals surface area contributed by atoms with E-state index in [1.54, 1.807) is 18.4 Å². The maximum Gasteiger partial charge on any atom is 0.251 e. The molecule has 1 aromatic carbocycles. The van der Waals surface area contributed by atoms with Gasteiger partial charge in [-0.1, -0.05) is 12.1 Å². The van der Waals surface area contributed by atoms with E-state index in [2.05, 4.69) is 27.6 Å². The Bertz CT molecular complexity index is 852. The molecule has 5 nitrogen and oxygen atoms in total. The molecule has 0 saturated carbocycles. The zero-order chi connectivity index (χ0) is 17.8. The van der Waals surface area contributed by atoms with Crippen molar-refractivity contribution in [2.75, 3.05) is 14.1 Å². The summed E-state index contributed by atoms with van der Waals surface area (Å²) in [6, 6.07) is 11.6. The van der Waals surface area contributed by atoms with Gasteiger partial charge in [0.2, 0.25) is 0 Å². The maximum absolute atomic E-state index is 11.6. The number of carbonyl (C=O) groups is 1. The molecular weight excluding hydrogens is 334 g/mol. The Kier molecular flexibility index (Phi) is 5.31. The first kappa shape index (κ1) is 17.4. The first-order valence-corrected chi connectivity index (χ1v) is 8.94. The van der Waals surface area contributed by atoms with Crippen LogP contribution in [0.3, 0.4) is 0 Å². The molecule has 1 amide bonds. The monoisotopic (exact) mass is 355 g/mol. The number of furan rings is 1. The highest BCUT2D eigenvalue weighted by atomic mass is 32.1. The molecule has 0 fully saturated rings. The lowest BCUT2D eigenvalue weighted by Gasteiger charge is -2.15. The molecule has 3 rings (SSSR count). The quantitative estimate of drug-likeness (QED) is 0.732. The molecule has 0 unspecified atom stereocenters. The lowest BCUT2D eigenvalue weighted by Crippen LogP contribution is -2.19. The van der Waals surface area contributed by atoms with Crippen LogP contribution in [0, 0.1) is 6.92 Å². The minimum Gasteiger partial charge on any atom is -0.459 e. The van der Waals surface area contributed by atoms with Crippen molar-refractivity contribution in [1.29, 1.82) is 0 Å². The van der Waals surface area contributed by atoms with Gasteiger partial charge in [-0.3, -0.25) is 9.69 Å². The number of nitrogens with one attached hydrogen (secondary N) is 1. The second-order valence-corrected chi connectivity index (χ2v) is 6.86. The standard InChI is InChI=1S/C19H21N3O2S/c1-13-4-9-17(24-13)19-21-16(12-25-19)11-22(3)10-14-5-7-15(8-6-14)18(23)20-2/h4-9,12H,10-11H2,1-3H3,(H,20,23). The molecule has 0 bridgehead atoms. The van der Waals surface area contributed by atoms with Gasteiger partial charge in [0.25, 0.3) is 5.91 Å². The highest BCUT2D eigenvalue weighted by molar-refractivity contribution is 7.13. The van der Waals surface area contributed by atoms with E-state index in [0.717, 1.165) is 40.9 Å². The summed E-state index contributed by atoms with van der Waals surface area (Å²) in [6.07, 6.45) is 0. The van der Waals surface area contributed by atoms with Crippen LogP contribution in [-0.2, 0) is 13.1 Å². The average Bonchev–Trinajstić information content (AvgIpc) is 3.23. The van der Waals surface area contributed by atoms with E-state index >= 15 is 0 Å². The predicted molar refractivity (Wildman–Crippen MR) is 99.6 cm³/mol. The molecule has 2 heterocycles. The molecule has 0 radical (unpaired) electrons. The Morgan fingerprint density at radius 3 is 2.60 bits per heavy atom. The normalized spacial score (nSPS) is 11.0. The van der Waals surface area contributed by atoms with E-state index in [-0.39, 0.29) is 5.91 Å². The fourth-order valence-electron chi connectivity index (χ4n) is 2.59. The minimum atomic E-state index is -0.0666. The molecule has 0 spiro atoms. The molecule has 6 heteroatoms. The summed E-state index contributed by atoms with van der Waals surface area (Å²) >= 11 is 1.60. The highest BCUT2D eigenvalue weighted by Gasteiger charge is 2.10. The van der Waals surface area contributed by atoms with Gasteiger partial charge < -0.3 is 9.73 Å². The number of amides is 1. The SMILES string of the molecule is CNC(=O)c1ccc(CN(C)Cc2csc(-c3ccc(C)o3)n2)cc1. The van der Waals surface area contributed by atoms with Crippen molar-refractivity contribution in [2.45, 2.75) is 20.0 Å². The molecular formula is C19H21N3O2S. The van der Waals surface area contributed by atoms with Crippen LogP contribution in [0.25, 0.3) is 10.8 Å².